The van der Waals surface area contributed by atoms with Gasteiger partial charge in [-0.3, -0.25) is 4.79 Å². The second-order valence-electron chi connectivity index (χ2n) is 9.99. The summed E-state index contributed by atoms with van der Waals surface area (Å²) in [6.45, 7) is 17.4. The van der Waals surface area contributed by atoms with Crippen LogP contribution in [0.4, 0.5) is 0 Å². The van der Waals surface area contributed by atoms with Gasteiger partial charge in [-0.15, -0.1) is 11.8 Å². The maximum atomic E-state index is 12.7. The largest absolute Gasteiger partial charge is 0.507 e. The molecule has 0 bridgehead atoms. The van der Waals surface area contributed by atoms with Crippen LogP contribution < -0.4 is 0 Å². The third-order valence-electron chi connectivity index (χ3n) is 5.01. The zero-order valence-corrected chi connectivity index (χ0v) is 20.7. The van der Waals surface area contributed by atoms with Gasteiger partial charge in [0.25, 0.3) is 0 Å². The van der Waals surface area contributed by atoms with Gasteiger partial charge < -0.3 is 9.84 Å². The van der Waals surface area contributed by atoms with Crippen LogP contribution in [0.1, 0.15) is 105 Å². The smallest absolute Gasteiger partial charge is 0.319 e. The standard InChI is InChI=1S/C25H42O3S/c1-9-11-12-13-14-21(23(27)28-15-10-2)29-18-16-19(24(3,4)5)22(26)20(17-18)25(6,7)8/h16-17,21,26H,9-15H2,1-8H3. The van der Waals surface area contributed by atoms with E-state index in [1.807, 2.05) is 6.92 Å². The van der Waals surface area contributed by atoms with Gasteiger partial charge >= 0.3 is 5.97 Å². The molecule has 1 rings (SSSR count). The lowest BCUT2D eigenvalue weighted by atomic mass is 9.79. The maximum Gasteiger partial charge on any atom is 0.319 e. The first-order valence-corrected chi connectivity index (χ1v) is 12.0. The summed E-state index contributed by atoms with van der Waals surface area (Å²) in [7, 11) is 0. The van der Waals surface area contributed by atoms with Gasteiger partial charge in [0.15, 0.2) is 0 Å². The Morgan fingerprint density at radius 1 is 0.966 bits per heavy atom. The molecule has 1 N–H and O–H groups in total. The van der Waals surface area contributed by atoms with E-state index in [0.717, 1.165) is 41.7 Å². The van der Waals surface area contributed by atoms with E-state index in [1.54, 1.807) is 11.8 Å². The highest BCUT2D eigenvalue weighted by molar-refractivity contribution is 8.00. The molecule has 0 saturated carbocycles. The number of ether oxygens (including phenoxy) is 1. The molecule has 1 atom stereocenters. The molecular weight excluding hydrogens is 380 g/mol. The minimum Gasteiger partial charge on any atom is -0.507 e. The fourth-order valence-electron chi connectivity index (χ4n) is 3.26. The van der Waals surface area contributed by atoms with Crippen LogP contribution in [0.15, 0.2) is 17.0 Å². The zero-order chi connectivity index (χ0) is 22.2. The van der Waals surface area contributed by atoms with Crippen LogP contribution in [0.5, 0.6) is 5.75 Å². The predicted molar refractivity (Wildman–Crippen MR) is 125 cm³/mol. The number of unbranched alkanes of at least 4 members (excludes halogenated alkanes) is 3. The molecule has 166 valence electrons. The highest BCUT2D eigenvalue weighted by Crippen LogP contribution is 2.43. The summed E-state index contributed by atoms with van der Waals surface area (Å²) in [6, 6.07) is 4.11. The van der Waals surface area contributed by atoms with E-state index >= 15 is 0 Å². The minimum absolute atomic E-state index is 0.115. The molecule has 1 unspecified atom stereocenters. The minimum atomic E-state index is -0.205. The molecule has 3 nitrogen and oxygen atoms in total. The van der Waals surface area contributed by atoms with Gasteiger partial charge in [0.05, 0.1) is 6.61 Å². The van der Waals surface area contributed by atoms with Crippen LogP contribution in [0.3, 0.4) is 0 Å². The molecule has 0 aromatic heterocycles. The highest BCUT2D eigenvalue weighted by atomic mass is 32.2. The molecule has 0 radical (unpaired) electrons. The van der Waals surface area contributed by atoms with Crippen LogP contribution in [0.25, 0.3) is 0 Å². The predicted octanol–water partition coefficient (Wildman–Crippen LogP) is 7.37. The molecule has 0 amide bonds. The van der Waals surface area contributed by atoms with Crippen molar-refractivity contribution in [3.63, 3.8) is 0 Å². The van der Waals surface area contributed by atoms with Crippen LogP contribution in [0.2, 0.25) is 0 Å². The fraction of sp³-hybridized carbons (Fsp3) is 0.720. The van der Waals surface area contributed by atoms with Gasteiger partial charge in [0.2, 0.25) is 0 Å². The van der Waals surface area contributed by atoms with Crippen LogP contribution in [-0.2, 0) is 20.4 Å². The van der Waals surface area contributed by atoms with Crippen molar-refractivity contribution in [1.82, 2.24) is 0 Å². The van der Waals surface area contributed by atoms with Crippen molar-refractivity contribution in [3.8, 4) is 5.75 Å². The van der Waals surface area contributed by atoms with E-state index in [0.29, 0.717) is 12.4 Å². The van der Waals surface area contributed by atoms with E-state index < -0.39 is 0 Å². The summed E-state index contributed by atoms with van der Waals surface area (Å²) >= 11 is 1.59. The zero-order valence-electron chi connectivity index (χ0n) is 19.9. The van der Waals surface area contributed by atoms with E-state index in [1.165, 1.54) is 12.8 Å². The van der Waals surface area contributed by atoms with Gasteiger partial charge in [-0.2, -0.15) is 0 Å². The third kappa shape index (κ3) is 8.24. The molecular formula is C25H42O3S. The average Bonchev–Trinajstić information content (AvgIpc) is 2.61. The third-order valence-corrected chi connectivity index (χ3v) is 6.23. The molecule has 1 aromatic carbocycles. The first kappa shape index (κ1) is 25.9. The number of hydrogen-bond acceptors (Lipinski definition) is 4. The number of thioether (sulfide) groups is 1. The second-order valence-corrected chi connectivity index (χ2v) is 11.3. The number of rotatable bonds is 10. The Labute approximate surface area is 183 Å². The van der Waals surface area contributed by atoms with Gasteiger partial charge in [-0.05, 0) is 35.8 Å². The van der Waals surface area contributed by atoms with Crippen molar-refractivity contribution < 1.29 is 14.6 Å². The Balaban J connectivity index is 3.23. The Morgan fingerprint density at radius 3 is 1.97 bits per heavy atom. The van der Waals surface area contributed by atoms with Crippen molar-refractivity contribution in [3.05, 3.63) is 23.3 Å². The fourth-order valence-corrected chi connectivity index (χ4v) is 4.41. The number of esters is 1. The Kier molecular flexibility index (Phi) is 10.1. The first-order chi connectivity index (χ1) is 13.4. The highest BCUT2D eigenvalue weighted by Gasteiger charge is 2.28. The number of hydrogen-bond donors (Lipinski definition) is 1. The molecule has 0 spiro atoms. The van der Waals surface area contributed by atoms with Gasteiger partial charge in [0, 0.05) is 16.0 Å². The summed E-state index contributed by atoms with van der Waals surface area (Å²) in [5, 5.41) is 10.7. The number of benzene rings is 1. The van der Waals surface area contributed by atoms with E-state index in [9.17, 15) is 9.90 Å². The lowest BCUT2D eigenvalue weighted by Gasteiger charge is -2.28. The van der Waals surface area contributed by atoms with Crippen LogP contribution in [-0.4, -0.2) is 22.9 Å². The molecule has 0 aliphatic rings. The number of aromatic hydroxyl groups is 1. The molecule has 0 saturated heterocycles. The SMILES string of the molecule is CCCCCCC(Sc1cc(C(C)(C)C)c(O)c(C(C)(C)C)c1)C(=O)OCCC. The number of phenols is 1. The Morgan fingerprint density at radius 2 is 1.52 bits per heavy atom. The Bertz CT molecular complexity index is 618. The normalized spacial score (nSPS) is 13.4. The lowest BCUT2D eigenvalue weighted by Crippen LogP contribution is -2.21. The molecule has 0 fully saturated rings. The van der Waals surface area contributed by atoms with Crippen molar-refractivity contribution in [2.75, 3.05) is 6.61 Å². The van der Waals surface area contributed by atoms with Crippen molar-refractivity contribution in [1.29, 1.82) is 0 Å². The lowest BCUT2D eigenvalue weighted by molar-refractivity contribution is -0.143. The number of phenolic OH excluding ortho intramolecular Hbond substituents is 1. The van der Waals surface area contributed by atoms with Crippen LogP contribution >= 0.6 is 11.8 Å². The molecule has 0 heterocycles. The van der Waals surface area contributed by atoms with Gasteiger partial charge in [-0.25, -0.2) is 0 Å². The number of carbonyl (C=O) groups is 1. The van der Waals surface area contributed by atoms with E-state index in [-0.39, 0.29) is 22.0 Å². The molecule has 0 aliphatic carbocycles. The van der Waals surface area contributed by atoms with Crippen LogP contribution in [0, 0.1) is 0 Å². The molecule has 4 heteroatoms. The quantitative estimate of drug-likeness (QED) is 0.243. The second kappa shape index (κ2) is 11.3. The number of carbonyl (C=O) groups excluding carboxylic acids is 1. The summed E-state index contributed by atoms with van der Waals surface area (Å²) in [5.41, 5.74) is 1.50. The van der Waals surface area contributed by atoms with Crippen molar-refractivity contribution >= 4 is 17.7 Å². The van der Waals surface area contributed by atoms with Crippen molar-refractivity contribution in [2.24, 2.45) is 0 Å². The summed E-state index contributed by atoms with van der Waals surface area (Å²) < 4.78 is 5.49. The van der Waals surface area contributed by atoms with Gasteiger partial charge in [0.1, 0.15) is 11.0 Å². The summed E-state index contributed by atoms with van der Waals surface area (Å²) in [6.07, 6.45) is 6.21. The van der Waals surface area contributed by atoms with Crippen molar-refractivity contribution in [2.45, 2.75) is 115 Å². The monoisotopic (exact) mass is 422 g/mol. The summed E-state index contributed by atoms with van der Waals surface area (Å²) in [4.78, 5) is 13.7. The average molecular weight is 423 g/mol. The summed E-state index contributed by atoms with van der Waals surface area (Å²) in [5.74, 6) is 0.262. The van der Waals surface area contributed by atoms with E-state index in [4.69, 9.17) is 4.74 Å². The van der Waals surface area contributed by atoms with E-state index in [2.05, 4.69) is 60.6 Å². The molecule has 0 aliphatic heterocycles. The first-order valence-electron chi connectivity index (χ1n) is 11.1. The Hall–Kier alpha value is -1.16. The topological polar surface area (TPSA) is 46.5 Å². The maximum absolute atomic E-state index is 12.7. The van der Waals surface area contributed by atoms with Gasteiger partial charge in [-0.1, -0.05) is 81.1 Å². The molecule has 29 heavy (non-hydrogen) atoms. The molecule has 1 aromatic rings.